The highest BCUT2D eigenvalue weighted by Gasteiger charge is 1.84. The summed E-state index contributed by atoms with van der Waals surface area (Å²) in [5, 5.41) is 2.38. The lowest BCUT2D eigenvalue weighted by molar-refractivity contribution is -0.105. The summed E-state index contributed by atoms with van der Waals surface area (Å²) in [6.07, 6.45) is 3.15. The minimum atomic E-state index is 0.521. The number of hydrogen-bond donors (Lipinski definition) is 1. The fourth-order valence-corrected chi connectivity index (χ4v) is 0.467. The van der Waals surface area contributed by atoms with E-state index in [0.717, 1.165) is 0 Å². The summed E-state index contributed by atoms with van der Waals surface area (Å²) in [4.78, 5) is 13.5. The van der Waals surface area contributed by atoms with Gasteiger partial charge in [-0.15, -0.1) is 0 Å². The minimum Gasteiger partial charge on any atom is -0.313 e. The second-order valence-corrected chi connectivity index (χ2v) is 1.41. The summed E-state index contributed by atoms with van der Waals surface area (Å²) in [5.74, 6) is 0.521. The summed E-state index contributed by atoms with van der Waals surface area (Å²) in [6, 6.07) is 5.10. The van der Waals surface area contributed by atoms with Crippen molar-refractivity contribution in [1.82, 2.24) is 4.98 Å². The lowest BCUT2D eigenvalue weighted by Crippen LogP contribution is -1.94. The molecule has 0 unspecified atom stereocenters. The highest BCUT2D eigenvalue weighted by molar-refractivity contribution is 5.68. The molecule has 0 atom stereocenters. The number of pyridine rings is 1. The summed E-state index contributed by atoms with van der Waals surface area (Å²) >= 11 is 0. The van der Waals surface area contributed by atoms with Gasteiger partial charge in [0.1, 0.15) is 5.82 Å². The quantitative estimate of drug-likeness (QED) is 0.577. The predicted octanol–water partition coefficient (Wildman–Crippen LogP) is 0.450. The predicted molar refractivity (Wildman–Crippen MR) is 32.8 cm³/mol. The van der Waals surface area contributed by atoms with E-state index in [1.54, 1.807) is 18.2 Å². The highest BCUT2D eigenvalue weighted by atomic mass is 16.1. The smallest absolute Gasteiger partial charge is 0.212 e. The van der Waals surface area contributed by atoms with Gasteiger partial charge in [-0.1, -0.05) is 6.07 Å². The van der Waals surface area contributed by atoms with Crippen molar-refractivity contribution in [1.29, 1.82) is 0 Å². The van der Waals surface area contributed by atoms with Gasteiger partial charge in [0.25, 0.3) is 0 Å². The van der Waals surface area contributed by atoms with E-state index in [1.807, 2.05) is 0 Å². The average molecular weight is 121 g/mol. The number of amides is 1. The maximum absolute atomic E-state index is 9.81. The first-order valence-electron chi connectivity index (χ1n) is 2.47. The molecule has 0 spiro atoms. The second kappa shape index (κ2) is 2.81. The van der Waals surface area contributed by atoms with E-state index in [2.05, 4.69) is 16.5 Å². The number of rotatable bonds is 2. The molecule has 0 aliphatic heterocycles. The molecule has 9 heavy (non-hydrogen) atoms. The fourth-order valence-electron chi connectivity index (χ4n) is 0.467. The van der Waals surface area contributed by atoms with Crippen molar-refractivity contribution in [2.75, 3.05) is 5.32 Å². The third-order valence-electron chi connectivity index (χ3n) is 0.817. The van der Waals surface area contributed by atoms with E-state index in [1.165, 1.54) is 0 Å². The van der Waals surface area contributed by atoms with Gasteiger partial charge < -0.3 is 5.32 Å². The summed E-state index contributed by atoms with van der Waals surface area (Å²) in [5.41, 5.74) is 0. The Labute approximate surface area is 52.7 Å². The largest absolute Gasteiger partial charge is 0.313 e. The van der Waals surface area contributed by atoms with Crippen LogP contribution in [0.5, 0.6) is 0 Å². The van der Waals surface area contributed by atoms with E-state index < -0.39 is 0 Å². The van der Waals surface area contributed by atoms with Crippen LogP contribution in [0, 0.1) is 6.20 Å². The Kier molecular flexibility index (Phi) is 1.80. The maximum atomic E-state index is 9.81. The third-order valence-corrected chi connectivity index (χ3v) is 0.817. The molecule has 0 aromatic carbocycles. The molecule has 45 valence electrons. The van der Waals surface area contributed by atoms with Gasteiger partial charge in [-0.25, -0.2) is 4.98 Å². The summed E-state index contributed by atoms with van der Waals surface area (Å²) in [7, 11) is 0. The van der Waals surface area contributed by atoms with Crippen molar-refractivity contribution < 1.29 is 4.79 Å². The molecule has 0 aliphatic carbocycles. The Bertz CT molecular complexity index is 186. The van der Waals surface area contributed by atoms with Crippen molar-refractivity contribution in [3.05, 3.63) is 24.4 Å². The van der Waals surface area contributed by atoms with Gasteiger partial charge in [-0.05, 0) is 12.1 Å². The van der Waals surface area contributed by atoms with Crippen molar-refractivity contribution >= 4 is 12.2 Å². The molecular weight excluding hydrogens is 116 g/mol. The van der Waals surface area contributed by atoms with E-state index in [9.17, 15) is 4.79 Å². The van der Waals surface area contributed by atoms with Crippen LogP contribution < -0.4 is 5.32 Å². The topological polar surface area (TPSA) is 42.0 Å². The SMILES string of the molecule is O=CNc1ccc[c]n1. The number of nitrogens with zero attached hydrogens (tertiary/aromatic N) is 1. The molecule has 0 fully saturated rings. The monoisotopic (exact) mass is 121 g/mol. The van der Waals surface area contributed by atoms with Gasteiger partial charge >= 0.3 is 0 Å². The molecule has 0 bridgehead atoms. The van der Waals surface area contributed by atoms with Crippen LogP contribution in [-0.4, -0.2) is 11.4 Å². The van der Waals surface area contributed by atoms with Crippen molar-refractivity contribution in [3.63, 3.8) is 0 Å². The van der Waals surface area contributed by atoms with Crippen LogP contribution in [0.25, 0.3) is 0 Å². The molecule has 0 saturated carbocycles. The van der Waals surface area contributed by atoms with Crippen LogP contribution in [0.3, 0.4) is 0 Å². The summed E-state index contributed by atoms with van der Waals surface area (Å²) in [6.45, 7) is 0. The van der Waals surface area contributed by atoms with Crippen LogP contribution >= 0.6 is 0 Å². The molecule has 1 N–H and O–H groups in total. The normalized spacial score (nSPS) is 8.44. The van der Waals surface area contributed by atoms with Crippen LogP contribution in [0.15, 0.2) is 18.2 Å². The Morgan fingerprint density at radius 3 is 3.22 bits per heavy atom. The molecule has 1 aromatic heterocycles. The molecule has 1 heterocycles. The molecule has 3 heteroatoms. The minimum absolute atomic E-state index is 0.521. The van der Waals surface area contributed by atoms with Gasteiger partial charge in [0, 0.05) is 0 Å². The van der Waals surface area contributed by atoms with E-state index >= 15 is 0 Å². The zero-order chi connectivity index (χ0) is 6.53. The average Bonchev–Trinajstić information content (AvgIpc) is 1.91. The first kappa shape index (κ1) is 5.75. The van der Waals surface area contributed by atoms with E-state index in [4.69, 9.17) is 0 Å². The second-order valence-electron chi connectivity index (χ2n) is 1.41. The van der Waals surface area contributed by atoms with Crippen molar-refractivity contribution in [2.45, 2.75) is 0 Å². The van der Waals surface area contributed by atoms with Crippen molar-refractivity contribution in [3.8, 4) is 0 Å². The maximum Gasteiger partial charge on any atom is 0.212 e. The van der Waals surface area contributed by atoms with Gasteiger partial charge in [0.05, 0.1) is 6.20 Å². The van der Waals surface area contributed by atoms with E-state index in [0.29, 0.717) is 12.2 Å². The summed E-state index contributed by atoms with van der Waals surface area (Å²) < 4.78 is 0. The first-order valence-corrected chi connectivity index (χ1v) is 2.47. The van der Waals surface area contributed by atoms with Gasteiger partial charge in [0.2, 0.25) is 6.41 Å². The Balaban J connectivity index is 2.72. The van der Waals surface area contributed by atoms with Gasteiger partial charge in [0.15, 0.2) is 0 Å². The van der Waals surface area contributed by atoms with Crippen LogP contribution in [0.4, 0.5) is 5.82 Å². The lowest BCUT2D eigenvalue weighted by atomic mass is 10.5. The Morgan fingerprint density at radius 1 is 1.78 bits per heavy atom. The zero-order valence-electron chi connectivity index (χ0n) is 4.66. The Morgan fingerprint density at radius 2 is 2.67 bits per heavy atom. The van der Waals surface area contributed by atoms with Crippen molar-refractivity contribution in [2.24, 2.45) is 0 Å². The van der Waals surface area contributed by atoms with Crippen LogP contribution in [-0.2, 0) is 4.79 Å². The van der Waals surface area contributed by atoms with E-state index in [-0.39, 0.29) is 0 Å². The molecule has 1 aromatic rings. The number of aromatic nitrogens is 1. The Hall–Kier alpha value is -1.38. The molecular formula is C6H5N2O. The first-order chi connectivity index (χ1) is 4.43. The fraction of sp³-hybridized carbons (Fsp3) is 0. The van der Waals surface area contributed by atoms with Crippen LogP contribution in [0.1, 0.15) is 0 Å². The molecule has 0 aliphatic rings. The lowest BCUT2D eigenvalue weighted by Gasteiger charge is -1.91. The molecule has 0 saturated heterocycles. The third kappa shape index (κ3) is 1.53. The molecule has 1 rings (SSSR count). The van der Waals surface area contributed by atoms with Gasteiger partial charge in [-0.3, -0.25) is 4.79 Å². The number of carbonyl (C=O) groups excluding carboxylic acids is 1. The molecule has 3 nitrogen and oxygen atoms in total. The zero-order valence-corrected chi connectivity index (χ0v) is 4.66. The highest BCUT2D eigenvalue weighted by Crippen LogP contribution is 1.95. The number of nitrogens with one attached hydrogen (secondary N) is 1. The number of hydrogen-bond acceptors (Lipinski definition) is 2. The molecule has 1 radical (unpaired) electrons. The molecule has 1 amide bonds. The standard InChI is InChI=1S/C6H5N2O/c9-5-8-6-3-1-2-4-7-6/h1-3,5H,(H,7,8,9). The number of carbonyl (C=O) groups is 1. The van der Waals surface area contributed by atoms with Crippen LogP contribution in [0.2, 0.25) is 0 Å². The number of anilines is 1. The van der Waals surface area contributed by atoms with Gasteiger partial charge in [-0.2, -0.15) is 0 Å².